The molecule has 0 N–H and O–H groups in total. The molecule has 0 spiro atoms. The van der Waals surface area contributed by atoms with Crippen LogP contribution in [0.5, 0.6) is 5.75 Å². The molecule has 0 aromatic heterocycles. The van der Waals surface area contributed by atoms with Crippen LogP contribution in [0.3, 0.4) is 0 Å². The van der Waals surface area contributed by atoms with Gasteiger partial charge in [-0.1, -0.05) is 13.8 Å². The molecule has 0 fully saturated rings. The van der Waals surface area contributed by atoms with Crippen LogP contribution in [0, 0.1) is 5.82 Å². The zero-order chi connectivity index (χ0) is 14.1. The van der Waals surface area contributed by atoms with E-state index in [0.29, 0.717) is 0 Å². The van der Waals surface area contributed by atoms with E-state index in [1.807, 2.05) is 0 Å². The van der Waals surface area contributed by atoms with Crippen molar-refractivity contribution in [2.24, 2.45) is 0 Å². The monoisotopic (exact) mass is 286 g/mol. The minimum atomic E-state index is -5.73. The highest BCUT2D eigenvalue weighted by molar-refractivity contribution is 7.87. The fraction of sp³-hybridized carbons (Fsp3) is 0.400. The van der Waals surface area contributed by atoms with Crippen molar-refractivity contribution in [1.29, 1.82) is 0 Å². The molecule has 1 aromatic carbocycles. The third kappa shape index (κ3) is 3.12. The Morgan fingerprint density at radius 1 is 1.22 bits per heavy atom. The van der Waals surface area contributed by atoms with E-state index in [-0.39, 0.29) is 11.5 Å². The van der Waals surface area contributed by atoms with E-state index >= 15 is 0 Å². The Labute approximate surface area is 102 Å². The minimum Gasteiger partial charge on any atom is -0.376 e. The summed E-state index contributed by atoms with van der Waals surface area (Å²) >= 11 is 0. The largest absolute Gasteiger partial charge is 0.534 e. The molecule has 0 saturated carbocycles. The Bertz CT molecular complexity index is 535. The van der Waals surface area contributed by atoms with Gasteiger partial charge in [0.05, 0.1) is 0 Å². The summed E-state index contributed by atoms with van der Waals surface area (Å²) < 4.78 is 74.9. The summed E-state index contributed by atoms with van der Waals surface area (Å²) in [5.74, 6) is -1.53. The van der Waals surface area contributed by atoms with Gasteiger partial charge in [-0.15, -0.1) is 0 Å². The van der Waals surface area contributed by atoms with Crippen LogP contribution in [0.1, 0.15) is 25.3 Å². The first-order valence-corrected chi connectivity index (χ1v) is 6.25. The maximum Gasteiger partial charge on any atom is 0.534 e. The molecule has 0 atom stereocenters. The van der Waals surface area contributed by atoms with E-state index in [2.05, 4.69) is 4.18 Å². The van der Waals surface area contributed by atoms with Gasteiger partial charge < -0.3 is 4.18 Å². The van der Waals surface area contributed by atoms with Gasteiger partial charge in [-0.25, -0.2) is 4.39 Å². The standard InChI is InChI=1S/C10H10F4O3S/c1-6(2)8-5-7(3-4-9(8)11)17-18(15,16)10(12,13)14/h3-6H,1-2H3. The van der Waals surface area contributed by atoms with E-state index < -0.39 is 27.2 Å². The molecule has 18 heavy (non-hydrogen) atoms. The summed E-state index contributed by atoms with van der Waals surface area (Å²) in [6, 6.07) is 2.62. The lowest BCUT2D eigenvalue weighted by atomic mass is 10.0. The van der Waals surface area contributed by atoms with Gasteiger partial charge in [0.25, 0.3) is 0 Å². The maximum absolute atomic E-state index is 13.3. The quantitative estimate of drug-likeness (QED) is 0.487. The lowest BCUT2D eigenvalue weighted by molar-refractivity contribution is -0.0500. The van der Waals surface area contributed by atoms with Crippen molar-refractivity contribution in [3.05, 3.63) is 29.6 Å². The lowest BCUT2D eigenvalue weighted by Crippen LogP contribution is -2.28. The molecular weight excluding hydrogens is 276 g/mol. The normalized spacial score (nSPS) is 12.8. The molecular formula is C10H10F4O3S. The van der Waals surface area contributed by atoms with E-state index in [1.54, 1.807) is 13.8 Å². The van der Waals surface area contributed by atoms with Gasteiger partial charge in [0, 0.05) is 0 Å². The van der Waals surface area contributed by atoms with Gasteiger partial charge in [0.15, 0.2) is 0 Å². The second kappa shape index (κ2) is 4.75. The molecule has 0 aliphatic heterocycles. The van der Waals surface area contributed by atoms with Gasteiger partial charge >= 0.3 is 15.6 Å². The molecule has 1 rings (SSSR count). The van der Waals surface area contributed by atoms with Gasteiger partial charge in [-0.3, -0.25) is 0 Å². The van der Waals surface area contributed by atoms with Crippen LogP contribution in [-0.4, -0.2) is 13.9 Å². The average Bonchev–Trinajstić information content (AvgIpc) is 2.18. The van der Waals surface area contributed by atoms with Crippen LogP contribution in [0.15, 0.2) is 18.2 Å². The first-order valence-electron chi connectivity index (χ1n) is 4.85. The maximum atomic E-state index is 13.3. The molecule has 0 unspecified atom stereocenters. The summed E-state index contributed by atoms with van der Waals surface area (Å²) in [5, 5.41) is 0. The summed E-state index contributed by atoms with van der Waals surface area (Å²) in [4.78, 5) is 0. The molecule has 0 aliphatic rings. The lowest BCUT2D eigenvalue weighted by Gasteiger charge is -2.12. The van der Waals surface area contributed by atoms with E-state index in [4.69, 9.17) is 0 Å². The highest BCUT2D eigenvalue weighted by Gasteiger charge is 2.48. The predicted molar refractivity (Wildman–Crippen MR) is 56.1 cm³/mol. The zero-order valence-corrected chi connectivity index (χ0v) is 10.3. The highest BCUT2D eigenvalue weighted by atomic mass is 32.2. The molecule has 8 heteroatoms. The van der Waals surface area contributed by atoms with Crippen molar-refractivity contribution in [3.63, 3.8) is 0 Å². The SMILES string of the molecule is CC(C)c1cc(OS(=O)(=O)C(F)(F)F)ccc1F. The number of hydrogen-bond donors (Lipinski definition) is 0. The predicted octanol–water partition coefficient (Wildman–Crippen LogP) is 3.18. The Balaban J connectivity index is 3.11. The topological polar surface area (TPSA) is 43.4 Å². The fourth-order valence-electron chi connectivity index (χ4n) is 1.19. The third-order valence-corrected chi connectivity index (χ3v) is 3.06. The van der Waals surface area contributed by atoms with Crippen LogP contribution in [0.25, 0.3) is 0 Å². The molecule has 0 bridgehead atoms. The molecule has 1 aromatic rings. The van der Waals surface area contributed by atoms with Crippen LogP contribution in [0.4, 0.5) is 17.6 Å². The van der Waals surface area contributed by atoms with Crippen LogP contribution < -0.4 is 4.18 Å². The smallest absolute Gasteiger partial charge is 0.376 e. The van der Waals surface area contributed by atoms with Crippen molar-refractivity contribution in [2.75, 3.05) is 0 Å². The first-order chi connectivity index (χ1) is 8.04. The third-order valence-electron chi connectivity index (χ3n) is 2.08. The van der Waals surface area contributed by atoms with E-state index in [1.165, 1.54) is 0 Å². The Hall–Kier alpha value is -1.31. The summed E-state index contributed by atoms with van der Waals surface area (Å²) in [6.45, 7) is 3.22. The van der Waals surface area contributed by atoms with Crippen LogP contribution in [0.2, 0.25) is 0 Å². The molecule has 0 amide bonds. The second-order valence-electron chi connectivity index (χ2n) is 3.82. The summed E-state index contributed by atoms with van der Waals surface area (Å²) in [6.07, 6.45) is 0. The van der Waals surface area contributed by atoms with Crippen molar-refractivity contribution in [1.82, 2.24) is 0 Å². The number of alkyl halides is 3. The minimum absolute atomic E-state index is 0.0740. The van der Waals surface area contributed by atoms with Gasteiger partial charge in [-0.05, 0) is 29.7 Å². The van der Waals surface area contributed by atoms with Crippen molar-refractivity contribution in [2.45, 2.75) is 25.3 Å². The van der Waals surface area contributed by atoms with Crippen LogP contribution >= 0.6 is 0 Å². The zero-order valence-electron chi connectivity index (χ0n) is 9.45. The summed E-state index contributed by atoms with van der Waals surface area (Å²) in [5.41, 5.74) is -5.44. The Morgan fingerprint density at radius 3 is 2.22 bits per heavy atom. The first kappa shape index (κ1) is 14.7. The summed E-state index contributed by atoms with van der Waals surface area (Å²) in [7, 11) is -5.73. The van der Waals surface area contributed by atoms with Gasteiger partial charge in [-0.2, -0.15) is 21.6 Å². The number of rotatable bonds is 3. The molecule has 0 radical (unpaired) electrons. The molecule has 0 heterocycles. The molecule has 102 valence electrons. The second-order valence-corrected chi connectivity index (χ2v) is 5.36. The molecule has 3 nitrogen and oxygen atoms in total. The van der Waals surface area contributed by atoms with Crippen molar-refractivity contribution < 1.29 is 30.2 Å². The average molecular weight is 286 g/mol. The van der Waals surface area contributed by atoms with Crippen molar-refractivity contribution in [3.8, 4) is 5.75 Å². The molecule has 0 saturated heterocycles. The number of benzene rings is 1. The van der Waals surface area contributed by atoms with Gasteiger partial charge in [0.1, 0.15) is 11.6 Å². The number of halogens is 4. The van der Waals surface area contributed by atoms with Crippen molar-refractivity contribution >= 4 is 10.1 Å². The van der Waals surface area contributed by atoms with E-state index in [0.717, 1.165) is 18.2 Å². The number of hydrogen-bond acceptors (Lipinski definition) is 3. The highest BCUT2D eigenvalue weighted by Crippen LogP contribution is 2.29. The Morgan fingerprint density at radius 2 is 1.78 bits per heavy atom. The van der Waals surface area contributed by atoms with E-state index in [9.17, 15) is 26.0 Å². The Kier molecular flexibility index (Phi) is 3.89. The van der Waals surface area contributed by atoms with Crippen LogP contribution in [-0.2, 0) is 10.1 Å². The molecule has 0 aliphatic carbocycles. The van der Waals surface area contributed by atoms with Gasteiger partial charge in [0.2, 0.25) is 0 Å². The fourth-order valence-corrected chi connectivity index (χ4v) is 1.64.